The molecule has 1 aliphatic heterocycles. The van der Waals surface area contributed by atoms with Gasteiger partial charge in [-0.25, -0.2) is 14.4 Å². The lowest BCUT2D eigenvalue weighted by atomic mass is 9.44. The fraction of sp³-hybridized carbons (Fsp3) is 0.591. The Hall–Kier alpha value is -4.68. The summed E-state index contributed by atoms with van der Waals surface area (Å²) in [5.41, 5.74) is -7.58. The lowest BCUT2D eigenvalue weighted by Crippen LogP contribution is -2.82. The number of aliphatic hydroxyl groups excluding tert-OH is 2. The Morgan fingerprint density at radius 3 is 2.28 bits per heavy atom. The van der Waals surface area contributed by atoms with E-state index in [1.807, 2.05) is 0 Å². The van der Waals surface area contributed by atoms with Gasteiger partial charge in [-0.1, -0.05) is 45.0 Å². The highest BCUT2D eigenvalue weighted by molar-refractivity contribution is 7.10. The molecule has 17 heteroatoms. The van der Waals surface area contributed by atoms with Gasteiger partial charge in [-0.2, -0.15) is 0 Å². The summed E-state index contributed by atoms with van der Waals surface area (Å²) < 4.78 is 35.8. The summed E-state index contributed by atoms with van der Waals surface area (Å²) in [6.45, 7) is 8.46. The molecule has 11 atom stereocenters. The van der Waals surface area contributed by atoms with Crippen LogP contribution in [0.4, 0.5) is 4.79 Å². The molecule has 16 nitrogen and oxygen atoms in total. The summed E-state index contributed by atoms with van der Waals surface area (Å²) in [6, 6.07) is 9.83. The minimum absolute atomic E-state index is 0.0125. The number of benzene rings is 1. The van der Waals surface area contributed by atoms with E-state index >= 15 is 4.79 Å². The van der Waals surface area contributed by atoms with Crippen molar-refractivity contribution in [1.82, 2.24) is 5.32 Å². The first-order valence-electron chi connectivity index (χ1n) is 20.6. The number of esters is 4. The number of aliphatic hydroxyl groups is 3. The molecule has 4 N–H and O–H groups in total. The number of hydrogen-bond donors (Lipinski definition) is 4. The maximum atomic E-state index is 15.5. The van der Waals surface area contributed by atoms with Crippen LogP contribution in [-0.2, 0) is 47.6 Å². The van der Waals surface area contributed by atoms with Crippen LogP contribution >= 0.6 is 11.3 Å². The highest BCUT2D eigenvalue weighted by Crippen LogP contribution is 2.64. The van der Waals surface area contributed by atoms with Gasteiger partial charge < -0.3 is 49.1 Å². The topological polar surface area (TPSA) is 231 Å². The predicted octanol–water partition coefficient (Wildman–Crippen LogP) is 4.04. The summed E-state index contributed by atoms with van der Waals surface area (Å²) in [7, 11) is 0. The van der Waals surface area contributed by atoms with Crippen LogP contribution in [0, 0.1) is 16.7 Å². The smallest absolute Gasteiger partial charge is 0.408 e. The molecule has 2 heterocycles. The molecular weight excluding hydrogens is 815 g/mol. The number of fused-ring (bicyclic) bond motifs is 5. The molecule has 1 aromatic heterocycles. The molecule has 5 aliphatic rings. The molecular formula is C44H53NO15S. The SMILES string of the molecule is CCC(=O)O[C@H]1C(=O)[C@@]2(C)C([C@H](OC(=O)c3ccccc3)[C@]3(O)C[C@H](OC(=O)[C@H](O)[C@@H](NC(=O)OC4CCC4)c4cccs4)C(C)=C1C3(C)C)[C@]1(OC(C)=O)CO[C@@H]1C[C@@H]2O. The van der Waals surface area contributed by atoms with Gasteiger partial charge in [0.1, 0.15) is 36.1 Å². The quantitative estimate of drug-likeness (QED) is 0.142. The van der Waals surface area contributed by atoms with Crippen LogP contribution in [0.5, 0.6) is 0 Å². The Morgan fingerprint density at radius 2 is 1.70 bits per heavy atom. The van der Waals surface area contributed by atoms with Gasteiger partial charge in [0, 0.05) is 36.5 Å². The number of alkyl carbamates (subject to hydrolysis) is 1. The molecule has 0 radical (unpaired) electrons. The number of thiophene rings is 1. The van der Waals surface area contributed by atoms with Crippen LogP contribution in [0.2, 0.25) is 0 Å². The lowest BCUT2D eigenvalue weighted by Gasteiger charge is -2.67. The van der Waals surface area contributed by atoms with Crippen molar-refractivity contribution in [3.05, 3.63) is 69.4 Å². The normalized spacial score (nSPS) is 33.7. The number of ether oxygens (including phenoxy) is 6. The first-order valence-corrected chi connectivity index (χ1v) is 21.5. The third-order valence-corrected chi connectivity index (χ3v) is 14.7. The second kappa shape index (κ2) is 16.5. The van der Waals surface area contributed by atoms with E-state index in [1.54, 1.807) is 49.6 Å². The van der Waals surface area contributed by atoms with Gasteiger partial charge in [-0.15, -0.1) is 11.3 Å². The minimum Gasteiger partial charge on any atom is -0.456 e. The molecule has 1 unspecified atom stereocenters. The molecule has 1 amide bonds. The lowest BCUT2D eigenvalue weighted by molar-refractivity contribution is -0.346. The third kappa shape index (κ3) is 7.45. The first kappa shape index (κ1) is 44.4. The molecule has 2 bridgehead atoms. The number of nitrogens with one attached hydrogen (secondary N) is 1. The van der Waals surface area contributed by atoms with Crippen LogP contribution in [0.3, 0.4) is 0 Å². The summed E-state index contributed by atoms with van der Waals surface area (Å²) in [5.74, 6) is -6.12. The van der Waals surface area contributed by atoms with Crippen LogP contribution < -0.4 is 5.32 Å². The first-order chi connectivity index (χ1) is 28.8. The molecule has 61 heavy (non-hydrogen) atoms. The zero-order valence-corrected chi connectivity index (χ0v) is 35.7. The Labute approximate surface area is 356 Å². The molecule has 4 aliphatic carbocycles. The highest BCUT2D eigenvalue weighted by Gasteiger charge is 2.78. The van der Waals surface area contributed by atoms with Gasteiger partial charge in [0.05, 0.1) is 29.6 Å². The number of carbonyl (C=O) groups excluding carboxylic acids is 6. The van der Waals surface area contributed by atoms with Gasteiger partial charge in [-0.3, -0.25) is 14.4 Å². The Balaban J connectivity index is 1.38. The largest absolute Gasteiger partial charge is 0.456 e. The molecule has 7 rings (SSSR count). The number of Topliss-reactive ketones (excluding diaryl/α,β-unsaturated/α-hetero) is 1. The zero-order valence-electron chi connectivity index (χ0n) is 34.9. The zero-order chi connectivity index (χ0) is 44.2. The van der Waals surface area contributed by atoms with Crippen LogP contribution in [-0.4, -0.2) is 112 Å². The van der Waals surface area contributed by atoms with Gasteiger partial charge in [0.25, 0.3) is 0 Å². The van der Waals surface area contributed by atoms with Crippen molar-refractivity contribution >= 4 is 47.1 Å². The average molecular weight is 868 g/mol. The van der Waals surface area contributed by atoms with E-state index in [2.05, 4.69) is 5.32 Å². The van der Waals surface area contributed by atoms with E-state index in [9.17, 15) is 39.3 Å². The van der Waals surface area contributed by atoms with E-state index < -0.39 is 113 Å². The number of carbonyl (C=O) groups is 6. The fourth-order valence-electron chi connectivity index (χ4n) is 9.99. The van der Waals surface area contributed by atoms with Crippen LogP contribution in [0.25, 0.3) is 0 Å². The molecule has 1 aromatic carbocycles. The van der Waals surface area contributed by atoms with Crippen molar-refractivity contribution in [1.29, 1.82) is 0 Å². The van der Waals surface area contributed by atoms with E-state index in [1.165, 1.54) is 44.2 Å². The Bertz CT molecular complexity index is 2080. The standard InChI is InChI=1S/C44H53NO15S/c1-7-30(48)58-34-31-22(2)26(57-39(52)33(49)32(27-17-12-18-61-27)45-40(53)56-25-15-11-16-25)20-44(54,41(31,4)5)37(59-38(51)24-13-9-8-10-14-24)35-42(6,36(34)50)28(47)19-29-43(35,21-55-29)60-23(3)46/h8-10,12-14,17-18,25-26,28-29,32-35,37,47,49,54H,7,11,15-16,19-21H2,1-6H3,(H,45,53)/t26-,28-,29+,32-,33+,34+,35?,37-,42+,43-,44+/m0/s1. The Morgan fingerprint density at radius 1 is 1.00 bits per heavy atom. The second-order valence-electron chi connectivity index (χ2n) is 17.5. The van der Waals surface area contributed by atoms with E-state index in [0.29, 0.717) is 17.7 Å². The number of ketones is 1. The van der Waals surface area contributed by atoms with E-state index in [0.717, 1.165) is 13.3 Å². The number of rotatable bonds is 11. The molecule has 330 valence electrons. The molecule has 3 saturated carbocycles. The van der Waals surface area contributed by atoms with Crippen molar-refractivity contribution in [2.45, 2.75) is 140 Å². The fourth-order valence-corrected chi connectivity index (χ4v) is 10.8. The summed E-state index contributed by atoms with van der Waals surface area (Å²) in [5, 5.41) is 41.7. The molecule has 4 fully saturated rings. The monoisotopic (exact) mass is 867 g/mol. The molecule has 2 aromatic rings. The van der Waals surface area contributed by atoms with Gasteiger partial charge >= 0.3 is 30.0 Å². The summed E-state index contributed by atoms with van der Waals surface area (Å²) >= 11 is 1.17. The van der Waals surface area contributed by atoms with Crippen molar-refractivity contribution in [2.24, 2.45) is 16.7 Å². The van der Waals surface area contributed by atoms with Crippen LogP contribution in [0.1, 0.15) is 101 Å². The van der Waals surface area contributed by atoms with Crippen molar-refractivity contribution in [2.75, 3.05) is 6.61 Å². The van der Waals surface area contributed by atoms with Crippen molar-refractivity contribution in [3.63, 3.8) is 0 Å². The minimum atomic E-state index is -2.38. The van der Waals surface area contributed by atoms with Crippen LogP contribution in [0.15, 0.2) is 59.0 Å². The second-order valence-corrected chi connectivity index (χ2v) is 18.4. The Kier molecular flexibility index (Phi) is 12.0. The van der Waals surface area contributed by atoms with Gasteiger partial charge in [-0.05, 0) is 67.8 Å². The summed E-state index contributed by atoms with van der Waals surface area (Å²) in [4.78, 5) is 83.7. The molecule has 1 saturated heterocycles. The van der Waals surface area contributed by atoms with Gasteiger partial charge in [0.15, 0.2) is 23.6 Å². The number of hydrogen-bond acceptors (Lipinski definition) is 16. The predicted molar refractivity (Wildman–Crippen MR) is 214 cm³/mol. The third-order valence-electron chi connectivity index (χ3n) is 13.7. The maximum Gasteiger partial charge on any atom is 0.408 e. The molecule has 0 spiro atoms. The van der Waals surface area contributed by atoms with Crippen molar-refractivity contribution in [3.8, 4) is 0 Å². The van der Waals surface area contributed by atoms with Crippen molar-refractivity contribution < 1.29 is 72.5 Å². The average Bonchev–Trinajstić information content (AvgIpc) is 3.74. The number of amides is 1. The summed E-state index contributed by atoms with van der Waals surface area (Å²) in [6.07, 6.45) is -9.47. The highest BCUT2D eigenvalue weighted by atomic mass is 32.1. The van der Waals surface area contributed by atoms with E-state index in [-0.39, 0.29) is 42.3 Å². The maximum absolute atomic E-state index is 15.5. The van der Waals surface area contributed by atoms with Gasteiger partial charge in [0.2, 0.25) is 0 Å². The van der Waals surface area contributed by atoms with E-state index in [4.69, 9.17) is 28.4 Å².